The largest absolute Gasteiger partial charge is 0.438 e. The third-order valence-electron chi connectivity index (χ3n) is 3.52. The number of hydrogen-bond acceptors (Lipinski definition) is 3. The summed E-state index contributed by atoms with van der Waals surface area (Å²) in [4.78, 5) is 11.4. The topological polar surface area (TPSA) is 35.5 Å². The van der Waals surface area contributed by atoms with Crippen LogP contribution in [0, 0.1) is 0 Å². The minimum Gasteiger partial charge on any atom is -0.438 e. The third kappa shape index (κ3) is 6.80. The summed E-state index contributed by atoms with van der Waals surface area (Å²) in [6.07, 6.45) is 10.7. The zero-order valence-corrected chi connectivity index (χ0v) is 11.7. The van der Waals surface area contributed by atoms with Crippen LogP contribution in [0.1, 0.15) is 65.2 Å². The minimum atomic E-state index is -0.144. The highest BCUT2D eigenvalue weighted by atomic mass is 16.7. The number of rotatable bonds is 7. The number of allylic oxidation sites excluding steroid dienone is 2. The molecule has 104 valence electrons. The Morgan fingerprint density at radius 2 is 1.94 bits per heavy atom. The van der Waals surface area contributed by atoms with Crippen LogP contribution in [-0.4, -0.2) is 18.9 Å². The van der Waals surface area contributed by atoms with Gasteiger partial charge >= 0.3 is 5.97 Å². The molecule has 1 aliphatic rings. The molecule has 0 aromatic carbocycles. The fourth-order valence-electron chi connectivity index (χ4n) is 2.16. The maximum absolute atomic E-state index is 11.4. The Bertz CT molecular complexity index is 265. The van der Waals surface area contributed by atoms with E-state index in [-0.39, 0.29) is 12.8 Å². The van der Waals surface area contributed by atoms with Gasteiger partial charge in [0.15, 0.2) is 6.79 Å². The molecule has 0 unspecified atom stereocenters. The van der Waals surface area contributed by atoms with Gasteiger partial charge in [-0.15, -0.1) is 0 Å². The van der Waals surface area contributed by atoms with Gasteiger partial charge in [0.25, 0.3) is 0 Å². The smallest absolute Gasteiger partial charge is 0.307 e. The summed E-state index contributed by atoms with van der Waals surface area (Å²) in [7, 11) is 0. The maximum atomic E-state index is 11.4. The highest BCUT2D eigenvalue weighted by Crippen LogP contribution is 2.20. The average molecular weight is 254 g/mol. The second-order valence-corrected chi connectivity index (χ2v) is 5.05. The van der Waals surface area contributed by atoms with Crippen LogP contribution in [0.4, 0.5) is 0 Å². The summed E-state index contributed by atoms with van der Waals surface area (Å²) < 4.78 is 10.6. The number of hydrogen-bond donors (Lipinski definition) is 0. The lowest BCUT2D eigenvalue weighted by Crippen LogP contribution is -2.19. The Morgan fingerprint density at radius 1 is 1.22 bits per heavy atom. The minimum absolute atomic E-state index is 0.131. The van der Waals surface area contributed by atoms with Crippen molar-refractivity contribution in [1.29, 1.82) is 0 Å². The van der Waals surface area contributed by atoms with Crippen molar-refractivity contribution in [3.8, 4) is 0 Å². The van der Waals surface area contributed by atoms with E-state index < -0.39 is 0 Å². The van der Waals surface area contributed by atoms with Crippen molar-refractivity contribution in [3.05, 3.63) is 11.6 Å². The number of carbonyl (C=O) groups is 1. The van der Waals surface area contributed by atoms with E-state index >= 15 is 0 Å². The molecule has 18 heavy (non-hydrogen) atoms. The molecule has 3 nitrogen and oxygen atoms in total. The molecule has 0 amide bonds. The molecule has 3 heteroatoms. The fraction of sp³-hybridized carbons (Fsp3) is 0.800. The number of carbonyl (C=O) groups excluding carboxylic acids is 1. The normalized spacial score (nSPS) is 17.8. The van der Waals surface area contributed by atoms with Crippen LogP contribution >= 0.6 is 0 Å². The van der Waals surface area contributed by atoms with Gasteiger partial charge in [0.2, 0.25) is 0 Å². The predicted molar refractivity (Wildman–Crippen MR) is 72.2 cm³/mol. The molecule has 0 bridgehead atoms. The Balaban J connectivity index is 1.99. The lowest BCUT2D eigenvalue weighted by molar-refractivity contribution is -0.162. The Hall–Kier alpha value is -0.830. The molecular formula is C15H26O3. The van der Waals surface area contributed by atoms with Gasteiger partial charge in [-0.3, -0.25) is 4.79 Å². The first-order valence-electron chi connectivity index (χ1n) is 7.11. The van der Waals surface area contributed by atoms with Crippen LogP contribution in [0.3, 0.4) is 0 Å². The van der Waals surface area contributed by atoms with Crippen LogP contribution < -0.4 is 0 Å². The van der Waals surface area contributed by atoms with Crippen molar-refractivity contribution in [1.82, 2.24) is 0 Å². The predicted octanol–water partition coefficient (Wildman–Crippen LogP) is 3.97. The Labute approximate surface area is 111 Å². The van der Waals surface area contributed by atoms with Crippen molar-refractivity contribution < 1.29 is 14.3 Å². The summed E-state index contributed by atoms with van der Waals surface area (Å²) in [5.74, 6) is -0.144. The molecule has 0 atom stereocenters. The third-order valence-corrected chi connectivity index (χ3v) is 3.52. The maximum Gasteiger partial charge on any atom is 0.307 e. The second kappa shape index (κ2) is 9.15. The van der Waals surface area contributed by atoms with Crippen LogP contribution in [0.5, 0.6) is 0 Å². The van der Waals surface area contributed by atoms with Crippen LogP contribution in [0.15, 0.2) is 11.6 Å². The van der Waals surface area contributed by atoms with E-state index in [1.165, 1.54) is 24.8 Å². The standard InChI is InChI=1S/C15H26O3/c1-3-13(2)8-7-11-15(16)18-12-17-14-9-5-4-6-10-14/h3,14H,4-12H2,1-2H3/b13-3+. The lowest BCUT2D eigenvalue weighted by atomic mass is 9.98. The van der Waals surface area contributed by atoms with E-state index in [4.69, 9.17) is 9.47 Å². The Kier molecular flexibility index (Phi) is 7.74. The van der Waals surface area contributed by atoms with Gasteiger partial charge in [0.1, 0.15) is 0 Å². The van der Waals surface area contributed by atoms with Crippen LogP contribution in [0.2, 0.25) is 0 Å². The van der Waals surface area contributed by atoms with E-state index in [2.05, 4.69) is 13.0 Å². The summed E-state index contributed by atoms with van der Waals surface area (Å²) in [6.45, 7) is 4.23. The van der Waals surface area contributed by atoms with Gasteiger partial charge in [-0.1, -0.05) is 30.9 Å². The molecule has 0 spiro atoms. The van der Waals surface area contributed by atoms with Gasteiger partial charge in [0.05, 0.1) is 6.10 Å². The monoisotopic (exact) mass is 254 g/mol. The summed E-state index contributed by atoms with van der Waals surface area (Å²) in [5, 5.41) is 0. The van der Waals surface area contributed by atoms with Crippen molar-refractivity contribution >= 4 is 5.97 Å². The molecule has 0 aromatic rings. The molecule has 0 saturated heterocycles. The summed E-state index contributed by atoms with van der Waals surface area (Å²) >= 11 is 0. The fourth-order valence-corrected chi connectivity index (χ4v) is 2.16. The molecule has 0 heterocycles. The zero-order chi connectivity index (χ0) is 13.2. The molecular weight excluding hydrogens is 228 g/mol. The molecule has 1 saturated carbocycles. The summed E-state index contributed by atoms with van der Waals surface area (Å²) in [5.41, 5.74) is 1.32. The van der Waals surface area contributed by atoms with E-state index in [1.54, 1.807) is 0 Å². The lowest BCUT2D eigenvalue weighted by Gasteiger charge is -2.21. The highest BCUT2D eigenvalue weighted by molar-refractivity contribution is 5.69. The van der Waals surface area contributed by atoms with E-state index in [0.29, 0.717) is 12.5 Å². The average Bonchev–Trinajstić information content (AvgIpc) is 2.39. The van der Waals surface area contributed by atoms with E-state index in [1.807, 2.05) is 6.92 Å². The Morgan fingerprint density at radius 3 is 2.61 bits per heavy atom. The first-order chi connectivity index (χ1) is 8.72. The van der Waals surface area contributed by atoms with E-state index in [0.717, 1.165) is 25.7 Å². The molecule has 1 rings (SSSR count). The van der Waals surface area contributed by atoms with E-state index in [9.17, 15) is 4.79 Å². The zero-order valence-electron chi connectivity index (χ0n) is 11.7. The van der Waals surface area contributed by atoms with Gasteiger partial charge < -0.3 is 9.47 Å². The molecule has 0 aromatic heterocycles. The van der Waals surface area contributed by atoms with Crippen molar-refractivity contribution in [2.75, 3.05) is 6.79 Å². The number of ether oxygens (including phenoxy) is 2. The first kappa shape index (κ1) is 15.2. The molecule has 0 radical (unpaired) electrons. The first-order valence-corrected chi connectivity index (χ1v) is 7.11. The second-order valence-electron chi connectivity index (χ2n) is 5.05. The number of esters is 1. The van der Waals surface area contributed by atoms with Gasteiger partial charge in [-0.05, 0) is 39.5 Å². The SMILES string of the molecule is C/C=C(\C)CCCC(=O)OCOC1CCCCC1. The van der Waals surface area contributed by atoms with Crippen molar-refractivity contribution in [2.45, 2.75) is 71.3 Å². The molecule has 1 aliphatic carbocycles. The van der Waals surface area contributed by atoms with Crippen LogP contribution in [0.25, 0.3) is 0 Å². The van der Waals surface area contributed by atoms with Gasteiger partial charge in [0, 0.05) is 6.42 Å². The molecule has 0 N–H and O–H groups in total. The van der Waals surface area contributed by atoms with Gasteiger partial charge in [-0.25, -0.2) is 0 Å². The highest BCUT2D eigenvalue weighted by Gasteiger charge is 2.14. The molecule has 1 fully saturated rings. The summed E-state index contributed by atoms with van der Waals surface area (Å²) in [6, 6.07) is 0. The molecule has 0 aliphatic heterocycles. The van der Waals surface area contributed by atoms with Crippen molar-refractivity contribution in [3.63, 3.8) is 0 Å². The van der Waals surface area contributed by atoms with Crippen LogP contribution in [-0.2, 0) is 14.3 Å². The quantitative estimate of drug-likeness (QED) is 0.392. The van der Waals surface area contributed by atoms with Crippen molar-refractivity contribution in [2.24, 2.45) is 0 Å². The van der Waals surface area contributed by atoms with Gasteiger partial charge in [-0.2, -0.15) is 0 Å².